The van der Waals surface area contributed by atoms with Crippen molar-refractivity contribution < 1.29 is 8.42 Å². The van der Waals surface area contributed by atoms with Crippen molar-refractivity contribution in [3.8, 4) is 0 Å². The fourth-order valence-electron chi connectivity index (χ4n) is 1.63. The Labute approximate surface area is 93.1 Å². The van der Waals surface area contributed by atoms with E-state index in [2.05, 4.69) is 19.2 Å². The lowest BCUT2D eigenvalue weighted by Crippen LogP contribution is -2.41. The standard InChI is InChI=1S/C10H22N2O2S/c1-10(2)4-8-12-7-3-5-11-6-9-15(12,13)14/h10-11H,3-9H2,1-2H3. The maximum atomic E-state index is 11.9. The molecule has 1 rings (SSSR count). The Kier molecular flexibility index (Phi) is 5.02. The zero-order valence-electron chi connectivity index (χ0n) is 9.70. The Hall–Kier alpha value is -0.130. The summed E-state index contributed by atoms with van der Waals surface area (Å²) in [5, 5.41) is 3.12. The zero-order chi connectivity index (χ0) is 11.3. The Morgan fingerprint density at radius 1 is 1.33 bits per heavy atom. The molecule has 90 valence electrons. The lowest BCUT2D eigenvalue weighted by molar-refractivity contribution is 0.366. The first-order chi connectivity index (χ1) is 7.02. The molecule has 0 atom stereocenters. The molecule has 0 spiro atoms. The lowest BCUT2D eigenvalue weighted by atomic mass is 10.1. The molecule has 1 N–H and O–H groups in total. The van der Waals surface area contributed by atoms with E-state index in [0.29, 0.717) is 25.6 Å². The summed E-state index contributed by atoms with van der Waals surface area (Å²) >= 11 is 0. The van der Waals surface area contributed by atoms with E-state index in [1.54, 1.807) is 4.31 Å². The molecule has 5 heteroatoms. The predicted molar refractivity (Wildman–Crippen MR) is 62.3 cm³/mol. The highest BCUT2D eigenvalue weighted by atomic mass is 32.2. The quantitative estimate of drug-likeness (QED) is 0.780. The summed E-state index contributed by atoms with van der Waals surface area (Å²) in [5.74, 6) is 0.800. The van der Waals surface area contributed by atoms with Crippen molar-refractivity contribution in [2.45, 2.75) is 26.7 Å². The van der Waals surface area contributed by atoms with Gasteiger partial charge in [-0.3, -0.25) is 0 Å². The highest BCUT2D eigenvalue weighted by Crippen LogP contribution is 2.09. The molecule has 15 heavy (non-hydrogen) atoms. The first-order valence-corrected chi connectivity index (χ1v) is 7.32. The molecule has 1 heterocycles. The monoisotopic (exact) mass is 234 g/mol. The highest BCUT2D eigenvalue weighted by molar-refractivity contribution is 7.89. The van der Waals surface area contributed by atoms with E-state index in [4.69, 9.17) is 0 Å². The van der Waals surface area contributed by atoms with E-state index in [0.717, 1.165) is 19.4 Å². The summed E-state index contributed by atoms with van der Waals surface area (Å²) in [4.78, 5) is 0. The van der Waals surface area contributed by atoms with Gasteiger partial charge in [0.15, 0.2) is 0 Å². The molecular formula is C10H22N2O2S. The number of sulfonamides is 1. The number of nitrogens with zero attached hydrogens (tertiary/aromatic N) is 1. The van der Waals surface area contributed by atoms with Gasteiger partial charge in [-0.2, -0.15) is 0 Å². The molecule has 4 nitrogen and oxygen atoms in total. The Balaban J connectivity index is 2.55. The molecule has 1 aliphatic heterocycles. The molecule has 0 unspecified atom stereocenters. The molecule has 0 radical (unpaired) electrons. The lowest BCUT2D eigenvalue weighted by Gasteiger charge is -2.25. The van der Waals surface area contributed by atoms with Crippen LogP contribution in [0.4, 0.5) is 0 Å². The van der Waals surface area contributed by atoms with E-state index in [1.807, 2.05) is 0 Å². The van der Waals surface area contributed by atoms with Crippen molar-refractivity contribution in [1.29, 1.82) is 0 Å². The number of nitrogens with one attached hydrogen (secondary N) is 1. The van der Waals surface area contributed by atoms with Crippen molar-refractivity contribution >= 4 is 10.0 Å². The first kappa shape index (κ1) is 12.9. The Bertz CT molecular complexity index is 275. The average Bonchev–Trinajstić information content (AvgIpc) is 2.11. The summed E-state index contributed by atoms with van der Waals surface area (Å²) in [7, 11) is -3.01. The second-order valence-corrected chi connectivity index (χ2v) is 6.59. The predicted octanol–water partition coefficient (Wildman–Crippen LogP) is 0.658. The fourth-order valence-corrected chi connectivity index (χ4v) is 3.08. The molecule has 0 amide bonds. The van der Waals surface area contributed by atoms with Crippen LogP contribution in [-0.2, 0) is 10.0 Å². The molecule has 0 aliphatic carbocycles. The molecule has 0 aromatic carbocycles. The van der Waals surface area contributed by atoms with E-state index in [9.17, 15) is 8.42 Å². The van der Waals surface area contributed by atoms with Crippen molar-refractivity contribution in [3.63, 3.8) is 0 Å². The van der Waals surface area contributed by atoms with Gasteiger partial charge in [-0.05, 0) is 25.3 Å². The molecular weight excluding hydrogens is 212 g/mol. The van der Waals surface area contributed by atoms with Gasteiger partial charge >= 0.3 is 0 Å². The zero-order valence-corrected chi connectivity index (χ0v) is 10.5. The van der Waals surface area contributed by atoms with Crippen molar-refractivity contribution in [2.24, 2.45) is 5.92 Å². The van der Waals surface area contributed by atoms with Gasteiger partial charge in [0.05, 0.1) is 5.75 Å². The van der Waals surface area contributed by atoms with Gasteiger partial charge in [-0.15, -0.1) is 0 Å². The maximum absolute atomic E-state index is 11.9. The van der Waals surface area contributed by atoms with Crippen LogP contribution in [0.15, 0.2) is 0 Å². The second kappa shape index (κ2) is 5.82. The van der Waals surface area contributed by atoms with Crippen LogP contribution in [0.3, 0.4) is 0 Å². The van der Waals surface area contributed by atoms with Crippen LogP contribution in [-0.4, -0.2) is 44.7 Å². The molecule has 1 saturated heterocycles. The van der Waals surface area contributed by atoms with E-state index < -0.39 is 10.0 Å². The maximum Gasteiger partial charge on any atom is 0.215 e. The Morgan fingerprint density at radius 3 is 2.73 bits per heavy atom. The van der Waals surface area contributed by atoms with E-state index in [1.165, 1.54) is 0 Å². The van der Waals surface area contributed by atoms with Crippen LogP contribution in [0, 0.1) is 5.92 Å². The molecule has 0 aromatic heterocycles. The van der Waals surface area contributed by atoms with Gasteiger partial charge in [0, 0.05) is 19.6 Å². The molecule has 1 aliphatic rings. The normalized spacial score (nSPS) is 23.7. The van der Waals surface area contributed by atoms with Gasteiger partial charge < -0.3 is 5.32 Å². The van der Waals surface area contributed by atoms with Gasteiger partial charge in [-0.1, -0.05) is 13.8 Å². The number of hydrogen-bond donors (Lipinski definition) is 1. The van der Waals surface area contributed by atoms with Crippen LogP contribution in [0.25, 0.3) is 0 Å². The van der Waals surface area contributed by atoms with Gasteiger partial charge in [0.2, 0.25) is 10.0 Å². The summed E-state index contributed by atoms with van der Waals surface area (Å²) in [6, 6.07) is 0. The third-order valence-corrected chi connectivity index (χ3v) is 4.52. The Morgan fingerprint density at radius 2 is 2.07 bits per heavy atom. The topological polar surface area (TPSA) is 49.4 Å². The fraction of sp³-hybridized carbons (Fsp3) is 1.00. The summed E-state index contributed by atoms with van der Waals surface area (Å²) in [6.45, 7) is 7.10. The van der Waals surface area contributed by atoms with Crippen molar-refractivity contribution in [2.75, 3.05) is 31.9 Å². The highest BCUT2D eigenvalue weighted by Gasteiger charge is 2.22. The first-order valence-electron chi connectivity index (χ1n) is 5.71. The molecule has 0 bridgehead atoms. The van der Waals surface area contributed by atoms with Crippen LogP contribution < -0.4 is 5.32 Å². The van der Waals surface area contributed by atoms with E-state index in [-0.39, 0.29) is 5.75 Å². The second-order valence-electron chi connectivity index (χ2n) is 4.50. The van der Waals surface area contributed by atoms with Gasteiger partial charge in [0.1, 0.15) is 0 Å². The van der Waals surface area contributed by atoms with Crippen LogP contribution in [0.1, 0.15) is 26.7 Å². The van der Waals surface area contributed by atoms with Crippen LogP contribution in [0.2, 0.25) is 0 Å². The average molecular weight is 234 g/mol. The van der Waals surface area contributed by atoms with Gasteiger partial charge in [0.25, 0.3) is 0 Å². The van der Waals surface area contributed by atoms with Crippen LogP contribution in [0.5, 0.6) is 0 Å². The summed E-state index contributed by atoms with van der Waals surface area (Å²) < 4.78 is 25.4. The minimum Gasteiger partial charge on any atom is -0.316 e. The van der Waals surface area contributed by atoms with Crippen molar-refractivity contribution in [1.82, 2.24) is 9.62 Å². The smallest absolute Gasteiger partial charge is 0.215 e. The largest absolute Gasteiger partial charge is 0.316 e. The number of hydrogen-bond acceptors (Lipinski definition) is 3. The molecule has 1 fully saturated rings. The molecule has 0 saturated carbocycles. The summed E-state index contributed by atoms with van der Waals surface area (Å²) in [5.41, 5.74) is 0. The minimum atomic E-state index is -3.01. The third-order valence-electron chi connectivity index (χ3n) is 2.65. The number of rotatable bonds is 3. The third kappa shape index (κ3) is 4.49. The van der Waals surface area contributed by atoms with Crippen LogP contribution >= 0.6 is 0 Å². The van der Waals surface area contributed by atoms with Gasteiger partial charge in [-0.25, -0.2) is 12.7 Å². The van der Waals surface area contributed by atoms with Crippen molar-refractivity contribution in [3.05, 3.63) is 0 Å². The van der Waals surface area contributed by atoms with E-state index >= 15 is 0 Å². The SMILES string of the molecule is CC(C)CCN1CCCNCCS1(=O)=O. The molecule has 0 aromatic rings. The summed E-state index contributed by atoms with van der Waals surface area (Å²) in [6.07, 6.45) is 1.87. The minimum absolute atomic E-state index is 0.241.